The van der Waals surface area contributed by atoms with Crippen LogP contribution in [0.2, 0.25) is 0 Å². The zero-order valence-corrected chi connectivity index (χ0v) is 16.4. The maximum absolute atomic E-state index is 12.8. The van der Waals surface area contributed by atoms with Gasteiger partial charge in [-0.05, 0) is 29.8 Å². The Hall–Kier alpha value is -2.86. The molecule has 144 valence electrons. The van der Waals surface area contributed by atoms with E-state index in [4.69, 9.17) is 0 Å². The fourth-order valence-electron chi connectivity index (χ4n) is 2.93. The Morgan fingerprint density at radius 1 is 1.00 bits per heavy atom. The first-order valence-electron chi connectivity index (χ1n) is 9.04. The van der Waals surface area contributed by atoms with E-state index in [1.165, 1.54) is 7.05 Å². The molecule has 0 aliphatic rings. The van der Waals surface area contributed by atoms with Gasteiger partial charge in [0.15, 0.2) is 0 Å². The summed E-state index contributed by atoms with van der Waals surface area (Å²) < 4.78 is 0. The van der Waals surface area contributed by atoms with Crippen molar-refractivity contribution in [2.24, 2.45) is 0 Å². The minimum atomic E-state index is -0.554. The molecule has 2 aromatic carbocycles. The number of urea groups is 1. The molecule has 0 spiro atoms. The zero-order chi connectivity index (χ0) is 19.8. The van der Waals surface area contributed by atoms with Crippen LogP contribution >= 0.6 is 0 Å². The van der Waals surface area contributed by atoms with Gasteiger partial charge < -0.3 is 10.2 Å². The first kappa shape index (κ1) is 20.5. The normalized spacial score (nSPS) is 11.7. The lowest BCUT2D eigenvalue weighted by Crippen LogP contribution is -2.45. The minimum Gasteiger partial charge on any atom is -0.378 e. The Bertz CT molecular complexity index is 745. The van der Waals surface area contributed by atoms with E-state index in [9.17, 15) is 9.59 Å². The number of carbonyl (C=O) groups excluding carboxylic acids is 2. The third-order valence-corrected chi connectivity index (χ3v) is 4.44. The number of amides is 3. The van der Waals surface area contributed by atoms with Crippen LogP contribution in [0.4, 0.5) is 10.5 Å². The van der Waals surface area contributed by atoms with Crippen LogP contribution in [0.5, 0.6) is 0 Å². The third-order valence-electron chi connectivity index (χ3n) is 4.44. The maximum Gasteiger partial charge on any atom is 0.321 e. The molecule has 0 aromatic heterocycles. The second-order valence-electron chi connectivity index (χ2n) is 6.51. The van der Waals surface area contributed by atoms with Crippen LogP contribution < -0.4 is 15.5 Å². The number of nitrogens with one attached hydrogen (secondary N) is 2. The quantitative estimate of drug-likeness (QED) is 0.789. The van der Waals surface area contributed by atoms with E-state index in [0.717, 1.165) is 16.8 Å². The molecule has 6 heteroatoms. The molecule has 27 heavy (non-hydrogen) atoms. The molecule has 6 nitrogen and oxygen atoms in total. The predicted octanol–water partition coefficient (Wildman–Crippen LogP) is 2.77. The van der Waals surface area contributed by atoms with Gasteiger partial charge in [-0.25, -0.2) is 4.79 Å². The molecule has 1 atom stereocenters. The van der Waals surface area contributed by atoms with Crippen LogP contribution in [-0.4, -0.2) is 44.5 Å². The van der Waals surface area contributed by atoms with Gasteiger partial charge in [-0.3, -0.25) is 15.0 Å². The van der Waals surface area contributed by atoms with Crippen LogP contribution in [0.15, 0.2) is 54.6 Å². The van der Waals surface area contributed by atoms with Crippen molar-refractivity contribution in [3.8, 4) is 0 Å². The first-order chi connectivity index (χ1) is 13.0. The molecule has 0 aliphatic carbocycles. The highest BCUT2D eigenvalue weighted by atomic mass is 16.2. The predicted molar refractivity (Wildman–Crippen MR) is 109 cm³/mol. The Labute approximate surface area is 161 Å². The summed E-state index contributed by atoms with van der Waals surface area (Å²) in [4.78, 5) is 28.6. The van der Waals surface area contributed by atoms with Crippen LogP contribution in [0.25, 0.3) is 0 Å². The topological polar surface area (TPSA) is 64.7 Å². The molecular weight excluding hydrogens is 340 g/mol. The fraction of sp³-hybridized carbons (Fsp3) is 0.333. The molecule has 2 aromatic rings. The van der Waals surface area contributed by atoms with Gasteiger partial charge in [-0.2, -0.15) is 0 Å². The Kier molecular flexibility index (Phi) is 7.37. The summed E-state index contributed by atoms with van der Waals surface area (Å²) in [7, 11) is 5.49. The van der Waals surface area contributed by atoms with Crippen LogP contribution in [0.1, 0.15) is 24.1 Å². The monoisotopic (exact) mass is 368 g/mol. The number of nitrogens with zero attached hydrogens (tertiary/aromatic N) is 2. The summed E-state index contributed by atoms with van der Waals surface area (Å²) in [5, 5.41) is 4.85. The molecule has 0 fully saturated rings. The highest BCUT2D eigenvalue weighted by Crippen LogP contribution is 2.24. The third kappa shape index (κ3) is 5.56. The molecule has 0 saturated heterocycles. The van der Waals surface area contributed by atoms with Gasteiger partial charge in [0.05, 0.1) is 0 Å². The van der Waals surface area contributed by atoms with E-state index in [0.29, 0.717) is 13.1 Å². The molecule has 0 heterocycles. The SMILES string of the molecule is CCN(Cc1ccc(N(C)C)cc1)[C@@H](C(=O)NC(=O)NC)c1ccccc1. The highest BCUT2D eigenvalue weighted by molar-refractivity contribution is 5.97. The van der Waals surface area contributed by atoms with Crippen molar-refractivity contribution in [3.05, 3.63) is 65.7 Å². The average Bonchev–Trinajstić information content (AvgIpc) is 2.68. The molecule has 0 unspecified atom stereocenters. The Balaban J connectivity index is 2.27. The molecule has 0 saturated carbocycles. The number of hydrogen-bond donors (Lipinski definition) is 2. The summed E-state index contributed by atoms with van der Waals surface area (Å²) in [5.41, 5.74) is 3.08. The molecule has 2 N–H and O–H groups in total. The van der Waals surface area contributed by atoms with Gasteiger partial charge in [-0.1, -0.05) is 49.4 Å². The summed E-state index contributed by atoms with van der Waals surface area (Å²) in [6.07, 6.45) is 0. The lowest BCUT2D eigenvalue weighted by atomic mass is 10.0. The zero-order valence-electron chi connectivity index (χ0n) is 16.4. The molecule has 0 radical (unpaired) electrons. The van der Waals surface area contributed by atoms with Gasteiger partial charge in [0.1, 0.15) is 6.04 Å². The second-order valence-corrected chi connectivity index (χ2v) is 6.51. The van der Waals surface area contributed by atoms with Crippen molar-refractivity contribution in [2.45, 2.75) is 19.5 Å². The van der Waals surface area contributed by atoms with Crippen LogP contribution in [0.3, 0.4) is 0 Å². The van der Waals surface area contributed by atoms with Gasteiger partial charge in [0.25, 0.3) is 0 Å². The van der Waals surface area contributed by atoms with Crippen molar-refractivity contribution in [2.75, 3.05) is 32.6 Å². The van der Waals surface area contributed by atoms with Crippen molar-refractivity contribution in [1.29, 1.82) is 0 Å². The van der Waals surface area contributed by atoms with Gasteiger partial charge >= 0.3 is 6.03 Å². The van der Waals surface area contributed by atoms with Crippen molar-refractivity contribution in [1.82, 2.24) is 15.5 Å². The van der Waals surface area contributed by atoms with Crippen LogP contribution in [0, 0.1) is 0 Å². The smallest absolute Gasteiger partial charge is 0.321 e. The molecule has 0 aliphatic heterocycles. The number of hydrogen-bond acceptors (Lipinski definition) is 4. The van der Waals surface area contributed by atoms with Gasteiger partial charge in [-0.15, -0.1) is 0 Å². The number of likely N-dealkylation sites (N-methyl/N-ethyl adjacent to an activating group) is 1. The Morgan fingerprint density at radius 2 is 1.63 bits per heavy atom. The van der Waals surface area contributed by atoms with Crippen molar-refractivity contribution >= 4 is 17.6 Å². The largest absolute Gasteiger partial charge is 0.378 e. The van der Waals surface area contributed by atoms with E-state index in [-0.39, 0.29) is 5.91 Å². The van der Waals surface area contributed by atoms with E-state index < -0.39 is 12.1 Å². The van der Waals surface area contributed by atoms with Gasteiger partial charge in [0, 0.05) is 33.4 Å². The molecule has 2 rings (SSSR count). The first-order valence-corrected chi connectivity index (χ1v) is 9.04. The number of anilines is 1. The Morgan fingerprint density at radius 3 is 2.15 bits per heavy atom. The minimum absolute atomic E-state index is 0.340. The number of imide groups is 1. The number of benzene rings is 2. The van der Waals surface area contributed by atoms with Gasteiger partial charge in [0.2, 0.25) is 5.91 Å². The number of rotatable bonds is 7. The van der Waals surface area contributed by atoms with E-state index in [1.807, 2.05) is 56.3 Å². The fourth-order valence-corrected chi connectivity index (χ4v) is 2.93. The summed E-state index contributed by atoms with van der Waals surface area (Å²) in [6, 6.07) is 16.7. The van der Waals surface area contributed by atoms with E-state index in [1.54, 1.807) is 0 Å². The summed E-state index contributed by atoms with van der Waals surface area (Å²) in [6.45, 7) is 3.28. The van der Waals surface area contributed by atoms with E-state index >= 15 is 0 Å². The van der Waals surface area contributed by atoms with Crippen molar-refractivity contribution in [3.63, 3.8) is 0 Å². The standard InChI is InChI=1S/C21H28N4O2/c1-5-25(15-16-11-13-18(14-12-16)24(3)4)19(17-9-7-6-8-10-17)20(26)23-21(27)22-2/h6-14,19H,5,15H2,1-4H3,(H2,22,23,26,27)/t19-/m1/s1. The lowest BCUT2D eigenvalue weighted by Gasteiger charge is -2.30. The molecule has 0 bridgehead atoms. The molecule has 3 amide bonds. The van der Waals surface area contributed by atoms with Crippen LogP contribution in [-0.2, 0) is 11.3 Å². The van der Waals surface area contributed by atoms with Crippen molar-refractivity contribution < 1.29 is 9.59 Å². The highest BCUT2D eigenvalue weighted by Gasteiger charge is 2.28. The number of carbonyl (C=O) groups is 2. The van der Waals surface area contributed by atoms with E-state index in [2.05, 4.69) is 39.8 Å². The summed E-state index contributed by atoms with van der Waals surface area (Å²) in [5.74, 6) is -0.340. The second kappa shape index (κ2) is 9.73. The lowest BCUT2D eigenvalue weighted by molar-refractivity contribution is -0.125. The maximum atomic E-state index is 12.8. The summed E-state index contributed by atoms with van der Waals surface area (Å²) >= 11 is 0. The molecular formula is C21H28N4O2. The average molecular weight is 368 g/mol.